The molecule has 2 aromatic rings. The van der Waals surface area contributed by atoms with Crippen LogP contribution in [0.4, 0.5) is 5.13 Å². The third kappa shape index (κ3) is 4.15. The SMILES string of the molecule is Cc1nc(N2CCOCC2)sc1C(=O)NNS(=O)(=O)c1ccccc1Cl. The van der Waals surface area contributed by atoms with E-state index in [4.69, 9.17) is 16.3 Å². The molecule has 0 unspecified atom stereocenters. The van der Waals surface area contributed by atoms with E-state index in [2.05, 4.69) is 15.2 Å². The van der Waals surface area contributed by atoms with Gasteiger partial charge in [0.05, 0.1) is 23.9 Å². The van der Waals surface area contributed by atoms with Crippen molar-refractivity contribution in [3.05, 3.63) is 39.9 Å². The van der Waals surface area contributed by atoms with E-state index in [0.717, 1.165) is 0 Å². The second-order valence-electron chi connectivity index (χ2n) is 5.50. The summed E-state index contributed by atoms with van der Waals surface area (Å²) in [4.78, 5) is 21.1. The van der Waals surface area contributed by atoms with Crippen LogP contribution in [-0.2, 0) is 14.8 Å². The molecule has 1 aliphatic rings. The van der Waals surface area contributed by atoms with Crippen LogP contribution in [0.3, 0.4) is 0 Å². The average Bonchev–Trinajstić information content (AvgIpc) is 3.03. The first-order chi connectivity index (χ1) is 12.4. The lowest BCUT2D eigenvalue weighted by molar-refractivity contribution is 0.0948. The number of carbonyl (C=O) groups excluding carboxylic acids is 1. The minimum absolute atomic E-state index is 0.0674. The monoisotopic (exact) mass is 416 g/mol. The Labute approximate surface area is 160 Å². The first-order valence-corrected chi connectivity index (χ1v) is 10.4. The summed E-state index contributed by atoms with van der Waals surface area (Å²) in [5, 5.41) is 0.780. The first kappa shape index (κ1) is 19.1. The van der Waals surface area contributed by atoms with Crippen molar-refractivity contribution in [2.24, 2.45) is 0 Å². The molecule has 26 heavy (non-hydrogen) atoms. The fourth-order valence-electron chi connectivity index (χ4n) is 2.37. The van der Waals surface area contributed by atoms with Gasteiger partial charge in [0.1, 0.15) is 9.77 Å². The molecule has 0 bridgehead atoms. The topological polar surface area (TPSA) is 101 Å². The number of hydrazine groups is 1. The van der Waals surface area contributed by atoms with Crippen molar-refractivity contribution < 1.29 is 17.9 Å². The van der Waals surface area contributed by atoms with Crippen LogP contribution >= 0.6 is 22.9 Å². The molecule has 1 saturated heterocycles. The molecule has 11 heteroatoms. The quantitative estimate of drug-likeness (QED) is 0.717. The van der Waals surface area contributed by atoms with Crippen molar-refractivity contribution in [1.29, 1.82) is 0 Å². The normalized spacial score (nSPS) is 15.1. The summed E-state index contributed by atoms with van der Waals surface area (Å²) in [5.74, 6) is -0.574. The zero-order valence-electron chi connectivity index (χ0n) is 13.9. The summed E-state index contributed by atoms with van der Waals surface area (Å²) in [6.07, 6.45) is 0. The van der Waals surface area contributed by atoms with Crippen molar-refractivity contribution in [3.63, 3.8) is 0 Å². The van der Waals surface area contributed by atoms with Crippen molar-refractivity contribution in [2.45, 2.75) is 11.8 Å². The maximum absolute atomic E-state index is 12.4. The predicted octanol–water partition coefficient (Wildman–Crippen LogP) is 1.56. The van der Waals surface area contributed by atoms with Gasteiger partial charge >= 0.3 is 0 Å². The number of thiazole rings is 1. The molecule has 1 aromatic heterocycles. The van der Waals surface area contributed by atoms with E-state index < -0.39 is 15.9 Å². The van der Waals surface area contributed by atoms with Gasteiger partial charge in [-0.15, -0.1) is 4.83 Å². The van der Waals surface area contributed by atoms with E-state index in [9.17, 15) is 13.2 Å². The first-order valence-electron chi connectivity index (χ1n) is 7.75. The maximum Gasteiger partial charge on any atom is 0.278 e. The van der Waals surface area contributed by atoms with Gasteiger partial charge in [-0.25, -0.2) is 13.4 Å². The van der Waals surface area contributed by atoms with Gasteiger partial charge in [-0.3, -0.25) is 10.2 Å². The van der Waals surface area contributed by atoms with Crippen LogP contribution in [-0.4, -0.2) is 45.6 Å². The molecule has 0 aliphatic carbocycles. The van der Waals surface area contributed by atoms with E-state index in [1.807, 2.05) is 4.90 Å². The predicted molar refractivity (Wildman–Crippen MR) is 99.1 cm³/mol. The van der Waals surface area contributed by atoms with Gasteiger partial charge in [0.2, 0.25) is 0 Å². The van der Waals surface area contributed by atoms with Gasteiger partial charge in [-0.1, -0.05) is 35.1 Å². The molecule has 0 radical (unpaired) electrons. The fourth-order valence-corrected chi connectivity index (χ4v) is 4.74. The van der Waals surface area contributed by atoms with Crippen LogP contribution in [0.15, 0.2) is 29.2 Å². The van der Waals surface area contributed by atoms with Crippen LogP contribution in [0, 0.1) is 6.92 Å². The Kier molecular flexibility index (Phi) is 5.78. The number of hydrogen-bond donors (Lipinski definition) is 2. The molecular weight excluding hydrogens is 400 g/mol. The molecule has 1 aliphatic heterocycles. The highest BCUT2D eigenvalue weighted by atomic mass is 35.5. The van der Waals surface area contributed by atoms with Crippen LogP contribution in [0.2, 0.25) is 5.02 Å². The van der Waals surface area contributed by atoms with E-state index >= 15 is 0 Å². The van der Waals surface area contributed by atoms with Crippen molar-refractivity contribution in [2.75, 3.05) is 31.2 Å². The number of ether oxygens (including phenoxy) is 1. The Morgan fingerprint density at radius 3 is 2.69 bits per heavy atom. The molecule has 2 heterocycles. The van der Waals surface area contributed by atoms with Crippen molar-refractivity contribution >= 4 is 44.0 Å². The van der Waals surface area contributed by atoms with E-state index in [0.29, 0.717) is 42.0 Å². The maximum atomic E-state index is 12.4. The summed E-state index contributed by atoms with van der Waals surface area (Å²) < 4.78 is 29.9. The Balaban J connectivity index is 1.70. The highest BCUT2D eigenvalue weighted by Crippen LogP contribution is 2.26. The zero-order valence-corrected chi connectivity index (χ0v) is 16.2. The largest absolute Gasteiger partial charge is 0.378 e. The number of hydrogen-bond acceptors (Lipinski definition) is 7. The van der Waals surface area contributed by atoms with Crippen LogP contribution in [0.5, 0.6) is 0 Å². The number of morpholine rings is 1. The number of anilines is 1. The van der Waals surface area contributed by atoms with Gasteiger partial charge in [0.25, 0.3) is 15.9 Å². The number of nitrogens with one attached hydrogen (secondary N) is 2. The van der Waals surface area contributed by atoms with Gasteiger partial charge in [-0.2, -0.15) is 0 Å². The standard InChI is InChI=1S/C15H17ClN4O4S2/c1-10-13(25-15(17-10)20-6-8-24-9-7-20)14(21)18-19-26(22,23)12-5-3-2-4-11(12)16/h2-5,19H,6-9H2,1H3,(H,18,21). The number of aromatic nitrogens is 1. The van der Waals surface area contributed by atoms with Gasteiger partial charge in [0, 0.05) is 13.1 Å². The molecule has 3 rings (SSSR count). The Hall–Kier alpha value is -1.72. The number of aryl methyl sites for hydroxylation is 1. The molecule has 8 nitrogen and oxygen atoms in total. The molecule has 140 valence electrons. The van der Waals surface area contributed by atoms with Gasteiger partial charge in [-0.05, 0) is 19.1 Å². The lowest BCUT2D eigenvalue weighted by atomic mass is 10.4. The number of amides is 1. The number of nitrogens with zero attached hydrogens (tertiary/aromatic N) is 2. The minimum atomic E-state index is -3.98. The lowest BCUT2D eigenvalue weighted by Gasteiger charge is -2.25. The second-order valence-corrected chi connectivity index (χ2v) is 8.54. The number of halogens is 1. The molecule has 0 atom stereocenters. The minimum Gasteiger partial charge on any atom is -0.378 e. The van der Waals surface area contributed by atoms with Crippen molar-refractivity contribution in [3.8, 4) is 0 Å². The Bertz CT molecular complexity index is 910. The van der Waals surface area contributed by atoms with Crippen LogP contribution in [0.25, 0.3) is 0 Å². The summed E-state index contributed by atoms with van der Waals surface area (Å²) in [6.45, 7) is 4.33. The van der Waals surface area contributed by atoms with E-state index in [1.54, 1.807) is 19.1 Å². The molecule has 1 fully saturated rings. The van der Waals surface area contributed by atoms with Crippen LogP contribution < -0.4 is 15.2 Å². The summed E-state index contributed by atoms with van der Waals surface area (Å²) >= 11 is 7.11. The Morgan fingerprint density at radius 1 is 1.31 bits per heavy atom. The second kappa shape index (κ2) is 7.89. The Morgan fingerprint density at radius 2 is 2.00 bits per heavy atom. The molecule has 1 amide bonds. The molecule has 0 spiro atoms. The highest BCUT2D eigenvalue weighted by Gasteiger charge is 2.23. The molecule has 1 aromatic carbocycles. The summed E-state index contributed by atoms with van der Waals surface area (Å²) in [6, 6.07) is 5.98. The zero-order chi connectivity index (χ0) is 18.7. The number of benzene rings is 1. The highest BCUT2D eigenvalue weighted by molar-refractivity contribution is 7.89. The van der Waals surface area contributed by atoms with E-state index in [-0.39, 0.29) is 9.92 Å². The molecule has 2 N–H and O–H groups in total. The summed E-state index contributed by atoms with van der Waals surface area (Å²) in [7, 11) is -3.98. The lowest BCUT2D eigenvalue weighted by Crippen LogP contribution is -2.41. The summed E-state index contributed by atoms with van der Waals surface area (Å²) in [5.41, 5.74) is 2.75. The molecule has 0 saturated carbocycles. The van der Waals surface area contributed by atoms with E-state index in [1.165, 1.54) is 23.5 Å². The number of carbonyl (C=O) groups is 1. The number of rotatable bonds is 5. The fraction of sp³-hybridized carbons (Fsp3) is 0.333. The number of sulfonamides is 1. The smallest absolute Gasteiger partial charge is 0.278 e. The molecular formula is C15H17ClN4O4S2. The average molecular weight is 417 g/mol. The van der Waals surface area contributed by atoms with Crippen molar-refractivity contribution in [1.82, 2.24) is 15.2 Å². The third-order valence-electron chi connectivity index (χ3n) is 3.70. The van der Waals surface area contributed by atoms with Gasteiger partial charge < -0.3 is 9.64 Å². The third-order valence-corrected chi connectivity index (χ3v) is 6.66. The van der Waals surface area contributed by atoms with Gasteiger partial charge in [0.15, 0.2) is 5.13 Å². The van der Waals surface area contributed by atoms with Crippen LogP contribution in [0.1, 0.15) is 15.4 Å².